The molecule has 2 aromatic carbocycles. The van der Waals surface area contributed by atoms with Crippen LogP contribution in [0.4, 0.5) is 13.2 Å². The number of likely N-dealkylation sites (tertiary alicyclic amines) is 1. The highest BCUT2D eigenvalue weighted by Gasteiger charge is 2.23. The first-order valence-corrected chi connectivity index (χ1v) is 11.7. The van der Waals surface area contributed by atoms with Crippen LogP contribution in [-0.2, 0) is 0 Å². The van der Waals surface area contributed by atoms with Crippen LogP contribution in [0.5, 0.6) is 5.75 Å². The molecule has 3 aromatic rings. The van der Waals surface area contributed by atoms with E-state index in [0.717, 1.165) is 25.1 Å². The van der Waals surface area contributed by atoms with Crippen molar-refractivity contribution >= 4 is 5.91 Å². The molecule has 1 fully saturated rings. The fraction of sp³-hybridized carbons (Fsp3) is 0.286. The average Bonchev–Trinajstić information content (AvgIpc) is 3.31. The maximum Gasteiger partial charge on any atom is 0.270 e. The molecule has 5 nitrogen and oxygen atoms in total. The van der Waals surface area contributed by atoms with Gasteiger partial charge in [0.25, 0.3) is 5.91 Å². The molecule has 1 aliphatic rings. The molecule has 36 heavy (non-hydrogen) atoms. The molecule has 4 rings (SSSR count). The lowest BCUT2D eigenvalue weighted by Crippen LogP contribution is -2.30. The standard InChI is InChI=1S/C28H26F3N3O2/c1-18-14-20(3-2-19-10-12-34(17-19)13-11-29)15-25(32-18)28(36)33-27(21-4-6-22(30)7-5-21)24-16-23(31)8-9-26(24)35/h4-9,14-16,19,27,35H,10-13,17H2,1H3,(H,33,36)/t19-,27+/m1/s1. The topological polar surface area (TPSA) is 65.5 Å². The predicted octanol–water partition coefficient (Wildman–Crippen LogP) is 4.54. The van der Waals surface area contributed by atoms with Gasteiger partial charge in [-0.05, 0) is 67.9 Å². The second-order valence-electron chi connectivity index (χ2n) is 8.79. The SMILES string of the molecule is Cc1cc(C#C[C@@H]2CCN(CCF)C2)cc(C(=O)N[C@@H](c2ccc(F)cc2)c2cc(F)ccc2O)n1. The molecule has 2 N–H and O–H groups in total. The van der Waals surface area contributed by atoms with Gasteiger partial charge in [0.05, 0.1) is 6.04 Å². The third-order valence-corrected chi connectivity index (χ3v) is 6.06. The number of carbonyl (C=O) groups excluding carboxylic acids is 1. The second-order valence-corrected chi connectivity index (χ2v) is 8.79. The summed E-state index contributed by atoms with van der Waals surface area (Å²) >= 11 is 0. The molecular weight excluding hydrogens is 467 g/mol. The number of aromatic nitrogens is 1. The van der Waals surface area contributed by atoms with Crippen molar-refractivity contribution in [2.75, 3.05) is 26.3 Å². The number of phenolic OH excluding ortho intramolecular Hbond substituents is 1. The van der Waals surface area contributed by atoms with E-state index in [4.69, 9.17) is 0 Å². The highest BCUT2D eigenvalue weighted by molar-refractivity contribution is 5.93. The lowest BCUT2D eigenvalue weighted by atomic mass is 9.97. The number of benzene rings is 2. The Morgan fingerprint density at radius 2 is 1.92 bits per heavy atom. The van der Waals surface area contributed by atoms with Crippen molar-refractivity contribution in [2.45, 2.75) is 19.4 Å². The number of alkyl halides is 1. The van der Waals surface area contributed by atoms with E-state index in [0.29, 0.717) is 29.9 Å². The molecule has 1 amide bonds. The van der Waals surface area contributed by atoms with E-state index in [9.17, 15) is 23.1 Å². The Kier molecular flexibility index (Phi) is 7.91. The number of nitrogens with zero attached hydrogens (tertiary/aromatic N) is 2. The van der Waals surface area contributed by atoms with Gasteiger partial charge in [-0.2, -0.15) is 0 Å². The van der Waals surface area contributed by atoms with E-state index in [1.807, 2.05) is 4.90 Å². The van der Waals surface area contributed by atoms with Gasteiger partial charge in [-0.1, -0.05) is 24.0 Å². The summed E-state index contributed by atoms with van der Waals surface area (Å²) in [6, 6.07) is 11.2. The van der Waals surface area contributed by atoms with Crippen LogP contribution in [0, 0.1) is 36.3 Å². The van der Waals surface area contributed by atoms with Crippen LogP contribution in [0.2, 0.25) is 0 Å². The van der Waals surface area contributed by atoms with Gasteiger partial charge in [-0.15, -0.1) is 0 Å². The number of halogens is 3. The van der Waals surface area contributed by atoms with E-state index < -0.39 is 23.6 Å². The summed E-state index contributed by atoms with van der Waals surface area (Å²) < 4.78 is 40.1. The van der Waals surface area contributed by atoms with Crippen LogP contribution in [0.25, 0.3) is 0 Å². The Morgan fingerprint density at radius 3 is 2.67 bits per heavy atom. The number of hydrogen-bond donors (Lipinski definition) is 2. The summed E-state index contributed by atoms with van der Waals surface area (Å²) in [6.07, 6.45) is 0.862. The Balaban J connectivity index is 1.59. The Labute approximate surface area is 208 Å². The van der Waals surface area contributed by atoms with Crippen LogP contribution in [0.3, 0.4) is 0 Å². The minimum Gasteiger partial charge on any atom is -0.508 e. The van der Waals surface area contributed by atoms with Gasteiger partial charge in [-0.25, -0.2) is 18.2 Å². The van der Waals surface area contributed by atoms with E-state index in [2.05, 4.69) is 22.1 Å². The van der Waals surface area contributed by atoms with Gasteiger partial charge in [0.1, 0.15) is 29.8 Å². The van der Waals surface area contributed by atoms with Crippen molar-refractivity contribution in [3.05, 3.63) is 94.3 Å². The molecule has 1 saturated heterocycles. The maximum atomic E-state index is 14.0. The zero-order valence-corrected chi connectivity index (χ0v) is 19.8. The quantitative estimate of drug-likeness (QED) is 0.495. The Bertz CT molecular complexity index is 1300. The molecule has 2 heterocycles. The zero-order valence-electron chi connectivity index (χ0n) is 19.8. The van der Waals surface area contributed by atoms with Gasteiger partial charge >= 0.3 is 0 Å². The van der Waals surface area contributed by atoms with E-state index in [-0.39, 0.29) is 29.6 Å². The molecule has 0 aliphatic carbocycles. The fourth-order valence-corrected chi connectivity index (χ4v) is 4.27. The number of nitrogens with one attached hydrogen (secondary N) is 1. The van der Waals surface area contributed by atoms with E-state index in [1.54, 1.807) is 19.1 Å². The Morgan fingerprint density at radius 1 is 1.17 bits per heavy atom. The Hall–Kier alpha value is -3.83. The molecule has 0 saturated carbocycles. The monoisotopic (exact) mass is 493 g/mol. The number of aromatic hydroxyl groups is 1. The summed E-state index contributed by atoms with van der Waals surface area (Å²) in [7, 11) is 0. The molecule has 0 spiro atoms. The summed E-state index contributed by atoms with van der Waals surface area (Å²) in [5, 5.41) is 13.2. The zero-order chi connectivity index (χ0) is 25.7. The third kappa shape index (κ3) is 6.23. The number of hydrogen-bond acceptors (Lipinski definition) is 4. The lowest BCUT2D eigenvalue weighted by Gasteiger charge is -2.21. The molecule has 0 radical (unpaired) electrons. The van der Waals surface area contributed by atoms with Gasteiger partial charge in [0, 0.05) is 35.8 Å². The first-order chi connectivity index (χ1) is 17.3. The first kappa shape index (κ1) is 25.3. The molecule has 2 atom stereocenters. The van der Waals surface area contributed by atoms with Crippen LogP contribution in [-0.4, -0.2) is 47.2 Å². The summed E-state index contributed by atoms with van der Waals surface area (Å²) in [5.41, 5.74) is 1.89. The van der Waals surface area contributed by atoms with Crippen molar-refractivity contribution in [2.24, 2.45) is 5.92 Å². The van der Waals surface area contributed by atoms with Crippen molar-refractivity contribution in [3.63, 3.8) is 0 Å². The predicted molar refractivity (Wildman–Crippen MR) is 130 cm³/mol. The highest BCUT2D eigenvalue weighted by atomic mass is 19.1. The van der Waals surface area contributed by atoms with Gasteiger partial charge < -0.3 is 10.4 Å². The minimum atomic E-state index is -0.953. The van der Waals surface area contributed by atoms with Crippen molar-refractivity contribution in [1.82, 2.24) is 15.2 Å². The van der Waals surface area contributed by atoms with Crippen LogP contribution >= 0.6 is 0 Å². The normalized spacial score (nSPS) is 16.3. The number of amides is 1. The smallest absolute Gasteiger partial charge is 0.270 e. The third-order valence-electron chi connectivity index (χ3n) is 6.06. The molecule has 1 aliphatic heterocycles. The van der Waals surface area contributed by atoms with Crippen LogP contribution < -0.4 is 5.32 Å². The largest absolute Gasteiger partial charge is 0.508 e. The van der Waals surface area contributed by atoms with Crippen molar-refractivity contribution in [3.8, 4) is 17.6 Å². The van der Waals surface area contributed by atoms with Crippen molar-refractivity contribution in [1.29, 1.82) is 0 Å². The molecule has 0 bridgehead atoms. The second kappa shape index (κ2) is 11.3. The van der Waals surface area contributed by atoms with Crippen molar-refractivity contribution < 1.29 is 23.1 Å². The van der Waals surface area contributed by atoms with Crippen LogP contribution in [0.15, 0.2) is 54.6 Å². The fourth-order valence-electron chi connectivity index (χ4n) is 4.27. The molecule has 0 unspecified atom stereocenters. The minimum absolute atomic E-state index is 0.104. The molecule has 1 aromatic heterocycles. The lowest BCUT2D eigenvalue weighted by molar-refractivity contribution is 0.0937. The summed E-state index contributed by atoms with van der Waals surface area (Å²) in [4.78, 5) is 19.6. The van der Waals surface area contributed by atoms with Crippen LogP contribution in [0.1, 0.15) is 45.3 Å². The summed E-state index contributed by atoms with van der Waals surface area (Å²) in [5.74, 6) is 4.60. The number of carbonyl (C=O) groups is 1. The highest BCUT2D eigenvalue weighted by Crippen LogP contribution is 2.30. The molecule has 8 heteroatoms. The van der Waals surface area contributed by atoms with Gasteiger partial charge in [0.2, 0.25) is 0 Å². The number of pyridine rings is 1. The molecular formula is C28H26F3N3O2. The van der Waals surface area contributed by atoms with E-state index >= 15 is 0 Å². The number of phenols is 1. The molecule has 186 valence electrons. The maximum absolute atomic E-state index is 14.0. The van der Waals surface area contributed by atoms with E-state index in [1.165, 1.54) is 30.3 Å². The number of rotatable bonds is 6. The van der Waals surface area contributed by atoms with Gasteiger partial charge in [-0.3, -0.25) is 9.69 Å². The van der Waals surface area contributed by atoms with Gasteiger partial charge in [0.15, 0.2) is 0 Å². The number of aryl methyl sites for hydroxylation is 1. The first-order valence-electron chi connectivity index (χ1n) is 11.7. The summed E-state index contributed by atoms with van der Waals surface area (Å²) in [6.45, 7) is 3.30. The average molecular weight is 494 g/mol.